The summed E-state index contributed by atoms with van der Waals surface area (Å²) in [4.78, 5) is 106. The average molecular weight is 1290 g/mol. The molecule has 10 amide bonds. The quantitative estimate of drug-likeness (QED) is 0.0568. The van der Waals surface area contributed by atoms with Crippen molar-refractivity contribution in [3.05, 3.63) is 0 Å². The van der Waals surface area contributed by atoms with Crippen molar-refractivity contribution >= 4 is 100 Å². The number of hydrogen-bond acceptors (Lipinski definition) is 19. The third kappa shape index (κ3) is 355. The van der Waals surface area contributed by atoms with E-state index in [1.165, 1.54) is 113 Å². The molecule has 0 bridgehead atoms. The molecule has 0 saturated heterocycles. The van der Waals surface area contributed by atoms with Crippen LogP contribution in [0.5, 0.6) is 0 Å². The van der Waals surface area contributed by atoms with Crippen LogP contribution in [0, 0.1) is 0 Å². The lowest BCUT2D eigenvalue weighted by Gasteiger charge is -2.06. The maximum Gasteiger partial charge on any atom is 0.490 e. The van der Waals surface area contributed by atoms with Crippen LogP contribution in [0.4, 0.5) is 28.8 Å². The normalized spacial score (nSPS) is 6.25. The van der Waals surface area contributed by atoms with E-state index in [1.54, 1.807) is 116 Å². The molecule has 0 aliphatic rings. The van der Waals surface area contributed by atoms with Gasteiger partial charge >= 0.3 is 36.2 Å². The Hall–Kier alpha value is -5.26. The number of ether oxygens (including phenoxy) is 5. The fraction of sp³-hybridized carbons (Fsp3) is 0.796. The predicted molar refractivity (Wildman–Crippen MR) is 378 cm³/mol. The smallest absolute Gasteiger partial charge is 0.469 e. The van der Waals surface area contributed by atoms with E-state index >= 15 is 0 Å². The standard InChI is InChI=1S/C4H10N2O.C4H8N2O.2C4H9NO.2C3H7NO2.2C3H7NOS.C3H9N.2C3H6O2.C2H6O.C2H6S.13CH4/c2*1-5-4(7)6(2)3;2*1-4(6)5(2)3;4*1-4-3(5)6-2;1-4(2)3;2*1-3(4)5-2;2*1-3-2;;;;;;;;;;;;;/h1-3H3,(H,5,7);2H2,1,3H3;2*1-3H3;4*1-2H3,(H,4,5);1-3H3;2*1-2H3;2*1-2H3;13*1H4/p+1. The van der Waals surface area contributed by atoms with Gasteiger partial charge in [-0.2, -0.15) is 16.6 Å². The Kier molecular flexibility index (Phi) is 314. The van der Waals surface area contributed by atoms with Gasteiger partial charge in [-0.25, -0.2) is 24.3 Å². The molecule has 0 aromatic rings. The Balaban J connectivity index is -0.0000000175. The molecule has 6 N–H and O–H groups in total. The molecule has 0 spiro atoms. The average Bonchev–Trinajstić information content (AvgIpc) is 3.31. The first-order valence-corrected chi connectivity index (χ1v) is 23.6. The highest BCUT2D eigenvalue weighted by atomic mass is 32.2. The molecule has 0 aliphatic carbocycles. The molecule has 528 valence electrons. The number of alkyl carbamates (subject to hydrolysis) is 2. The van der Waals surface area contributed by atoms with Gasteiger partial charge in [-0.1, -0.05) is 120 Å². The number of nitrogens with zero attached hydrogens (tertiary/aromatic N) is 5. The maximum atomic E-state index is 10.3. The lowest BCUT2D eigenvalue weighted by Crippen LogP contribution is -2.31. The number of thioether (sulfide) groups is 3. The van der Waals surface area contributed by atoms with E-state index in [2.05, 4.69) is 62.3 Å². The van der Waals surface area contributed by atoms with Crippen molar-refractivity contribution in [2.24, 2.45) is 0 Å². The highest BCUT2D eigenvalue weighted by molar-refractivity contribution is 8.13. The van der Waals surface area contributed by atoms with Gasteiger partial charge in [0.05, 0.1) is 49.3 Å². The zero-order valence-electron chi connectivity index (χ0n) is 48.3. The first kappa shape index (κ1) is 171. The van der Waals surface area contributed by atoms with Crippen molar-refractivity contribution in [3.8, 4) is 0 Å². The van der Waals surface area contributed by atoms with Gasteiger partial charge in [-0.15, -0.1) is 0 Å². The van der Waals surface area contributed by atoms with E-state index in [4.69, 9.17) is 0 Å². The first-order valence-electron chi connectivity index (χ1n) is 19.5. The molecule has 26 nitrogen and oxygen atoms in total. The number of amides is 10. The monoisotopic (exact) mass is 1290 g/mol. The molecular formula is C54H150N11O15S3+. The van der Waals surface area contributed by atoms with Gasteiger partial charge in [0.1, 0.15) is 0 Å². The van der Waals surface area contributed by atoms with Crippen molar-refractivity contribution in [1.29, 1.82) is 0 Å². The summed E-state index contributed by atoms with van der Waals surface area (Å²) in [5, 5.41) is 14.2. The van der Waals surface area contributed by atoms with Crippen molar-refractivity contribution in [1.82, 2.24) is 51.5 Å². The topological polar surface area (TPSA) is 305 Å². The molecule has 0 atom stereocenters. The second kappa shape index (κ2) is 152. The summed E-state index contributed by atoms with van der Waals surface area (Å²) < 4.78 is 22.0. The summed E-state index contributed by atoms with van der Waals surface area (Å²) >= 11 is 4.10. The van der Waals surface area contributed by atoms with Crippen LogP contribution in [0.15, 0.2) is 0 Å². The van der Waals surface area contributed by atoms with Crippen LogP contribution in [0.25, 0.3) is 0 Å². The lowest BCUT2D eigenvalue weighted by atomic mass is 10.7. The van der Waals surface area contributed by atoms with Gasteiger partial charge in [0.15, 0.2) is 0 Å². The molecule has 0 heterocycles. The molecule has 0 rings (SSSR count). The number of esters is 2. The van der Waals surface area contributed by atoms with Gasteiger partial charge in [0, 0.05) is 119 Å². The van der Waals surface area contributed by atoms with E-state index in [9.17, 15) is 47.9 Å². The Bertz CT molecular complexity index is 1140. The molecule has 0 fully saturated rings. The summed E-state index contributed by atoms with van der Waals surface area (Å²) in [5.41, 5.74) is 0. The zero-order valence-corrected chi connectivity index (χ0v) is 50.7. The van der Waals surface area contributed by atoms with Crippen molar-refractivity contribution < 1.29 is 76.2 Å². The molecule has 0 aliphatic heterocycles. The third-order valence-electron chi connectivity index (χ3n) is 4.57. The van der Waals surface area contributed by atoms with E-state index in [0.717, 1.165) is 0 Å². The summed E-state index contributed by atoms with van der Waals surface area (Å²) in [5.74, 6) is -0.306. The van der Waals surface area contributed by atoms with E-state index < -0.39 is 12.2 Å². The highest BCUT2D eigenvalue weighted by Crippen LogP contribution is 1.89. The van der Waals surface area contributed by atoms with Gasteiger partial charge in [-0.3, -0.25) is 28.8 Å². The number of urea groups is 2. The summed E-state index contributed by atoms with van der Waals surface area (Å²) in [7, 11) is 35.8. The highest BCUT2D eigenvalue weighted by Gasteiger charge is 2.00. The number of carbonyl (C=O) groups excluding carboxylic acids is 10. The van der Waals surface area contributed by atoms with Crippen LogP contribution in [-0.4, -0.2) is 270 Å². The molecule has 0 unspecified atom stereocenters. The van der Waals surface area contributed by atoms with E-state index in [1.807, 2.05) is 38.6 Å². The molecule has 0 aromatic carbocycles. The van der Waals surface area contributed by atoms with Crippen molar-refractivity contribution in [3.63, 3.8) is 0 Å². The molecule has 0 radical (unpaired) electrons. The van der Waals surface area contributed by atoms with Crippen LogP contribution in [0.3, 0.4) is 0 Å². The minimum absolute atomic E-state index is 0. The van der Waals surface area contributed by atoms with Crippen LogP contribution in [0.2, 0.25) is 0 Å². The minimum Gasteiger partial charge on any atom is -0.469 e. The Morgan fingerprint density at radius 2 is 0.554 bits per heavy atom. The third-order valence-corrected chi connectivity index (χ3v) is 5.72. The second-order valence-electron chi connectivity index (χ2n) is 12.0. The fourth-order valence-corrected chi connectivity index (χ4v) is 1.23. The number of methoxy groups -OCH3 is 5. The van der Waals surface area contributed by atoms with Gasteiger partial charge in [-0.05, 0) is 46.2 Å². The van der Waals surface area contributed by atoms with Crippen LogP contribution in [0.1, 0.15) is 124 Å². The van der Waals surface area contributed by atoms with Crippen LogP contribution in [-0.2, 0) is 42.9 Å². The molecule has 0 saturated carbocycles. The first-order chi connectivity index (χ1) is 32.0. The zero-order chi connectivity index (χ0) is 59.6. The second-order valence-corrected chi connectivity index (χ2v) is 14.4. The molecule has 29 heteroatoms. The number of rotatable bonds is 0. The largest absolute Gasteiger partial charge is 0.490 e. The Morgan fingerprint density at radius 1 is 0.386 bits per heavy atom. The fourth-order valence-electron chi connectivity index (χ4n) is 0.823. The maximum absolute atomic E-state index is 10.3. The predicted octanol–water partition coefficient (Wildman–Crippen LogP) is 11.1. The minimum atomic E-state index is -0.407. The summed E-state index contributed by atoms with van der Waals surface area (Å²) in [6.45, 7) is 9.11. The van der Waals surface area contributed by atoms with Gasteiger partial charge in [0.2, 0.25) is 11.8 Å². The summed E-state index contributed by atoms with van der Waals surface area (Å²) in [6, 6.07) is -0.250. The molecule has 0 aromatic heterocycles. The van der Waals surface area contributed by atoms with Crippen LogP contribution >= 0.6 is 35.3 Å². The number of nitrogens with one attached hydrogen (secondary N) is 6. The van der Waals surface area contributed by atoms with Crippen molar-refractivity contribution in [2.45, 2.75) is 124 Å². The van der Waals surface area contributed by atoms with Gasteiger partial charge < -0.3 is 69.9 Å². The SMILES string of the molecule is C.C.C.C.C.C.C.C.C.C.C.C.C.C=[N+](C)C(=O)NC.CC(=O)N(C)C.CC(=O)N(C)C.CN(C)C.CNC(=O)N(C)C.CNC(=O)OC.CNC(=O)OC.CNC(=O)SC.CNC(=O)SC.COC.COC(C)=O.COC(C)=O.CSC. The molecular weight excluding hydrogens is 1140 g/mol. The summed E-state index contributed by atoms with van der Waals surface area (Å²) in [6.07, 6.45) is 6.74. The Labute approximate surface area is 530 Å². The lowest BCUT2D eigenvalue weighted by molar-refractivity contribution is -0.383. The van der Waals surface area contributed by atoms with E-state index in [0.29, 0.717) is 0 Å². The molecule has 83 heavy (non-hydrogen) atoms. The van der Waals surface area contributed by atoms with Crippen molar-refractivity contribution in [2.75, 3.05) is 180 Å². The van der Waals surface area contributed by atoms with E-state index in [-0.39, 0.29) is 143 Å². The Morgan fingerprint density at radius 3 is 0.554 bits per heavy atom. The van der Waals surface area contributed by atoms with Crippen LogP contribution < -0.4 is 31.9 Å². The number of hydrogen-bond donors (Lipinski definition) is 6. The van der Waals surface area contributed by atoms with Gasteiger partial charge in [0.25, 0.3) is 10.5 Å². The number of carbonyl (C=O) groups is 10.